The second kappa shape index (κ2) is 6.46. The smallest absolute Gasteiger partial charge is 0.126 e. The van der Waals surface area contributed by atoms with Gasteiger partial charge < -0.3 is 5.32 Å². The van der Waals surface area contributed by atoms with Gasteiger partial charge in [0.25, 0.3) is 0 Å². The van der Waals surface area contributed by atoms with Crippen molar-refractivity contribution in [2.45, 2.75) is 18.9 Å². The molecule has 1 aromatic heterocycles. The van der Waals surface area contributed by atoms with Crippen LogP contribution < -0.4 is 5.32 Å². The van der Waals surface area contributed by atoms with Crippen LogP contribution in [0.5, 0.6) is 0 Å². The van der Waals surface area contributed by atoms with E-state index in [0.29, 0.717) is 12.0 Å². The Morgan fingerprint density at radius 2 is 1.84 bits per heavy atom. The summed E-state index contributed by atoms with van der Waals surface area (Å²) in [5.74, 6) is -1.08. The molecular formula is C14H14ClF2NS. The summed E-state index contributed by atoms with van der Waals surface area (Å²) in [7, 11) is 1.84. The third kappa shape index (κ3) is 4.27. The Morgan fingerprint density at radius 3 is 2.37 bits per heavy atom. The number of likely N-dealkylation sites (N-methyl/N-ethyl adjacent to an activating group) is 1. The maximum atomic E-state index is 13.1. The largest absolute Gasteiger partial charge is 0.316 e. The fourth-order valence-electron chi connectivity index (χ4n) is 1.99. The minimum Gasteiger partial charge on any atom is -0.316 e. The Kier molecular flexibility index (Phi) is 4.91. The van der Waals surface area contributed by atoms with Gasteiger partial charge in [0.05, 0.1) is 4.34 Å². The maximum absolute atomic E-state index is 13.1. The Bertz CT molecular complexity index is 536. The van der Waals surface area contributed by atoms with Crippen LogP contribution in [-0.4, -0.2) is 13.1 Å². The minimum absolute atomic E-state index is 0.121. The third-order valence-electron chi connectivity index (χ3n) is 2.89. The fraction of sp³-hybridized carbons (Fsp3) is 0.286. The molecule has 0 aliphatic rings. The highest BCUT2D eigenvalue weighted by atomic mass is 35.5. The number of benzene rings is 1. The molecule has 1 unspecified atom stereocenters. The molecule has 0 amide bonds. The first kappa shape index (κ1) is 14.4. The van der Waals surface area contributed by atoms with E-state index in [2.05, 4.69) is 5.32 Å². The molecule has 0 radical (unpaired) electrons. The number of halogens is 3. The second-order valence-corrected chi connectivity index (χ2v) is 6.18. The normalized spacial score (nSPS) is 12.6. The number of nitrogens with one attached hydrogen (secondary N) is 1. The molecule has 2 aromatic rings. The summed E-state index contributed by atoms with van der Waals surface area (Å²) < 4.78 is 27.0. The number of hydrogen-bond donors (Lipinski definition) is 1. The highest BCUT2D eigenvalue weighted by Crippen LogP contribution is 2.23. The van der Waals surface area contributed by atoms with Crippen LogP contribution >= 0.6 is 22.9 Å². The van der Waals surface area contributed by atoms with E-state index in [1.807, 2.05) is 19.2 Å². The lowest BCUT2D eigenvalue weighted by molar-refractivity contribution is 0.546. The van der Waals surface area contributed by atoms with Crippen molar-refractivity contribution in [2.75, 3.05) is 7.05 Å². The van der Waals surface area contributed by atoms with E-state index >= 15 is 0 Å². The maximum Gasteiger partial charge on any atom is 0.126 e. The van der Waals surface area contributed by atoms with Gasteiger partial charge in [0.1, 0.15) is 11.6 Å². The van der Waals surface area contributed by atoms with E-state index in [1.165, 1.54) is 23.5 Å². The molecule has 1 aromatic carbocycles. The lowest BCUT2D eigenvalue weighted by atomic mass is 10.0. The van der Waals surface area contributed by atoms with Crippen molar-refractivity contribution >= 4 is 22.9 Å². The van der Waals surface area contributed by atoms with Gasteiger partial charge in [-0.05, 0) is 49.7 Å². The Labute approximate surface area is 120 Å². The minimum atomic E-state index is -0.538. The summed E-state index contributed by atoms with van der Waals surface area (Å²) in [4.78, 5) is 1.15. The highest BCUT2D eigenvalue weighted by Gasteiger charge is 2.11. The van der Waals surface area contributed by atoms with Crippen LogP contribution in [-0.2, 0) is 12.8 Å². The first-order valence-corrected chi connectivity index (χ1v) is 7.12. The number of thiophene rings is 1. The molecule has 1 nitrogen and oxygen atoms in total. The quantitative estimate of drug-likeness (QED) is 0.878. The van der Waals surface area contributed by atoms with Gasteiger partial charge in [-0.2, -0.15) is 0 Å². The van der Waals surface area contributed by atoms with Crippen LogP contribution in [0.25, 0.3) is 0 Å². The summed E-state index contributed by atoms with van der Waals surface area (Å²) in [6, 6.07) is 7.58. The van der Waals surface area contributed by atoms with Gasteiger partial charge in [-0.3, -0.25) is 0 Å². The van der Waals surface area contributed by atoms with Gasteiger partial charge in [-0.15, -0.1) is 11.3 Å². The van der Waals surface area contributed by atoms with Crippen molar-refractivity contribution in [2.24, 2.45) is 0 Å². The van der Waals surface area contributed by atoms with E-state index in [1.54, 1.807) is 0 Å². The summed E-state index contributed by atoms with van der Waals surface area (Å²) in [6.07, 6.45) is 1.35. The summed E-state index contributed by atoms with van der Waals surface area (Å²) in [5, 5.41) is 3.17. The molecule has 5 heteroatoms. The Balaban J connectivity index is 2.06. The average Bonchev–Trinajstić information content (AvgIpc) is 2.72. The molecule has 0 saturated heterocycles. The summed E-state index contributed by atoms with van der Waals surface area (Å²) in [6.45, 7) is 0. The Morgan fingerprint density at radius 1 is 1.16 bits per heavy atom. The van der Waals surface area contributed by atoms with Crippen LogP contribution in [0, 0.1) is 11.6 Å². The zero-order chi connectivity index (χ0) is 13.8. The van der Waals surface area contributed by atoms with Crippen molar-refractivity contribution in [3.8, 4) is 0 Å². The van der Waals surface area contributed by atoms with Crippen LogP contribution in [0.1, 0.15) is 10.4 Å². The van der Waals surface area contributed by atoms with E-state index < -0.39 is 11.6 Å². The SMILES string of the molecule is CNC(Cc1cc(F)cc(F)c1)Cc1ccc(Cl)s1. The van der Waals surface area contributed by atoms with Crippen LogP contribution in [0.4, 0.5) is 8.78 Å². The summed E-state index contributed by atoms with van der Waals surface area (Å²) in [5.41, 5.74) is 0.652. The molecule has 0 bridgehead atoms. The lowest BCUT2D eigenvalue weighted by Crippen LogP contribution is -2.29. The zero-order valence-electron chi connectivity index (χ0n) is 10.4. The predicted octanol–water partition coefficient (Wildman–Crippen LogP) is 4.05. The monoisotopic (exact) mass is 301 g/mol. The van der Waals surface area contributed by atoms with Crippen LogP contribution in [0.3, 0.4) is 0 Å². The molecule has 1 N–H and O–H groups in total. The average molecular weight is 302 g/mol. The van der Waals surface area contributed by atoms with Gasteiger partial charge in [0.2, 0.25) is 0 Å². The van der Waals surface area contributed by atoms with Gasteiger partial charge in [-0.1, -0.05) is 11.6 Å². The number of rotatable bonds is 5. The van der Waals surface area contributed by atoms with E-state index in [-0.39, 0.29) is 6.04 Å². The van der Waals surface area contributed by atoms with Gasteiger partial charge in [0, 0.05) is 17.0 Å². The van der Waals surface area contributed by atoms with Gasteiger partial charge >= 0.3 is 0 Å². The van der Waals surface area contributed by atoms with Gasteiger partial charge in [-0.25, -0.2) is 8.78 Å². The van der Waals surface area contributed by atoms with Crippen LogP contribution in [0.2, 0.25) is 4.34 Å². The second-order valence-electron chi connectivity index (χ2n) is 4.38. The third-order valence-corrected chi connectivity index (χ3v) is 4.14. The fourth-order valence-corrected chi connectivity index (χ4v) is 3.16. The van der Waals surface area contributed by atoms with Crippen molar-refractivity contribution in [1.29, 1.82) is 0 Å². The molecule has 19 heavy (non-hydrogen) atoms. The molecule has 1 atom stereocenters. The topological polar surface area (TPSA) is 12.0 Å². The van der Waals surface area contributed by atoms with Gasteiger partial charge in [0.15, 0.2) is 0 Å². The molecular weight excluding hydrogens is 288 g/mol. The van der Waals surface area contributed by atoms with Crippen molar-refractivity contribution < 1.29 is 8.78 Å². The van der Waals surface area contributed by atoms with Crippen molar-refractivity contribution in [1.82, 2.24) is 5.32 Å². The molecule has 0 aliphatic heterocycles. The van der Waals surface area contributed by atoms with Crippen molar-refractivity contribution in [3.63, 3.8) is 0 Å². The van der Waals surface area contributed by atoms with E-state index in [0.717, 1.165) is 21.7 Å². The van der Waals surface area contributed by atoms with Crippen molar-refractivity contribution in [3.05, 3.63) is 56.7 Å². The molecule has 102 valence electrons. The standard InChI is InChI=1S/C14H14ClF2NS/c1-18-12(8-13-2-3-14(15)19-13)6-9-4-10(16)7-11(17)5-9/h2-5,7,12,18H,6,8H2,1H3. The molecule has 0 saturated carbocycles. The lowest BCUT2D eigenvalue weighted by Gasteiger charge is -2.15. The molecule has 2 rings (SSSR count). The summed E-state index contributed by atoms with van der Waals surface area (Å²) >= 11 is 7.41. The Hall–Kier alpha value is -0.970. The number of hydrogen-bond acceptors (Lipinski definition) is 2. The van der Waals surface area contributed by atoms with Crippen LogP contribution in [0.15, 0.2) is 30.3 Å². The highest BCUT2D eigenvalue weighted by molar-refractivity contribution is 7.16. The molecule has 0 aliphatic carbocycles. The predicted molar refractivity (Wildman–Crippen MR) is 75.9 cm³/mol. The molecule has 0 spiro atoms. The first-order chi connectivity index (χ1) is 9.06. The molecule has 0 fully saturated rings. The molecule has 1 heterocycles. The van der Waals surface area contributed by atoms with E-state index in [4.69, 9.17) is 11.6 Å². The first-order valence-electron chi connectivity index (χ1n) is 5.93. The van der Waals surface area contributed by atoms with E-state index in [9.17, 15) is 8.78 Å². The zero-order valence-corrected chi connectivity index (χ0v) is 12.0.